The molecular weight excluding hydrogens is 262 g/mol. The maximum absolute atomic E-state index is 12.4. The molecule has 1 aliphatic rings. The van der Waals surface area contributed by atoms with Gasteiger partial charge in [-0.15, -0.1) is 0 Å². The van der Waals surface area contributed by atoms with Crippen LogP contribution in [0.15, 0.2) is 18.2 Å². The Kier molecular flexibility index (Phi) is 5.74. The maximum Gasteiger partial charge on any atom is 0.228 e. The summed E-state index contributed by atoms with van der Waals surface area (Å²) >= 11 is 0. The molecule has 1 aliphatic heterocycles. The van der Waals surface area contributed by atoms with Crippen molar-refractivity contribution in [2.75, 3.05) is 24.5 Å². The first kappa shape index (κ1) is 16.0. The van der Waals surface area contributed by atoms with Gasteiger partial charge >= 0.3 is 0 Å². The Morgan fingerprint density at radius 2 is 2.05 bits per heavy atom. The van der Waals surface area contributed by atoms with Crippen LogP contribution >= 0.6 is 0 Å². The molecule has 1 fully saturated rings. The van der Waals surface area contributed by atoms with Gasteiger partial charge in [0.15, 0.2) is 0 Å². The first-order valence-electron chi connectivity index (χ1n) is 8.10. The smallest absolute Gasteiger partial charge is 0.228 e. The number of piperidine rings is 1. The average Bonchev–Trinajstić information content (AvgIpc) is 2.48. The molecule has 1 atom stereocenters. The molecule has 1 saturated heterocycles. The number of likely N-dealkylation sites (tertiary alicyclic amines) is 1. The van der Waals surface area contributed by atoms with Crippen molar-refractivity contribution in [3.63, 3.8) is 0 Å². The number of anilines is 1. The summed E-state index contributed by atoms with van der Waals surface area (Å²) in [5.41, 5.74) is 0.951. The van der Waals surface area contributed by atoms with E-state index in [1.807, 2.05) is 36.9 Å². The average molecular weight is 289 g/mol. The number of pyridine rings is 1. The molecule has 2 rings (SSSR count). The summed E-state index contributed by atoms with van der Waals surface area (Å²) in [4.78, 5) is 21.3. The molecule has 0 radical (unpaired) electrons. The maximum atomic E-state index is 12.4. The minimum absolute atomic E-state index is 0.151. The third-order valence-corrected chi connectivity index (χ3v) is 4.10. The molecule has 0 N–H and O–H groups in total. The number of nitrogens with zero attached hydrogens (tertiary/aromatic N) is 3. The van der Waals surface area contributed by atoms with Crippen molar-refractivity contribution in [3.05, 3.63) is 23.9 Å². The molecular formula is C17H27N3O. The van der Waals surface area contributed by atoms with Crippen molar-refractivity contribution in [1.82, 2.24) is 9.88 Å². The SMILES string of the molecule is CCC(=O)N(c1cccc(C)n1)C(C)CN1CCCCC1. The molecule has 1 aromatic heterocycles. The van der Waals surface area contributed by atoms with E-state index in [2.05, 4.69) is 16.8 Å². The summed E-state index contributed by atoms with van der Waals surface area (Å²) < 4.78 is 0. The fourth-order valence-corrected chi connectivity index (χ4v) is 3.03. The van der Waals surface area contributed by atoms with Crippen LogP contribution in [-0.4, -0.2) is 41.5 Å². The third kappa shape index (κ3) is 4.27. The van der Waals surface area contributed by atoms with Crippen LogP contribution in [0.5, 0.6) is 0 Å². The number of aromatic nitrogens is 1. The molecule has 21 heavy (non-hydrogen) atoms. The molecule has 0 aromatic carbocycles. The zero-order valence-electron chi connectivity index (χ0n) is 13.5. The number of hydrogen-bond donors (Lipinski definition) is 0. The van der Waals surface area contributed by atoms with E-state index in [4.69, 9.17) is 0 Å². The largest absolute Gasteiger partial charge is 0.301 e. The second kappa shape index (κ2) is 7.55. The van der Waals surface area contributed by atoms with Gasteiger partial charge in [0, 0.05) is 24.7 Å². The first-order chi connectivity index (χ1) is 10.1. The van der Waals surface area contributed by atoms with E-state index >= 15 is 0 Å². The Balaban J connectivity index is 2.13. The lowest BCUT2D eigenvalue weighted by molar-refractivity contribution is -0.118. The van der Waals surface area contributed by atoms with E-state index in [-0.39, 0.29) is 11.9 Å². The Morgan fingerprint density at radius 3 is 2.67 bits per heavy atom. The molecule has 0 saturated carbocycles. The minimum Gasteiger partial charge on any atom is -0.301 e. The highest BCUT2D eigenvalue weighted by Crippen LogP contribution is 2.18. The lowest BCUT2D eigenvalue weighted by Crippen LogP contribution is -2.47. The van der Waals surface area contributed by atoms with Crippen molar-refractivity contribution in [1.29, 1.82) is 0 Å². The summed E-state index contributed by atoms with van der Waals surface area (Å²) in [6.07, 6.45) is 4.40. The van der Waals surface area contributed by atoms with Crippen LogP contribution in [0.1, 0.15) is 45.2 Å². The van der Waals surface area contributed by atoms with Gasteiger partial charge in [-0.25, -0.2) is 4.98 Å². The summed E-state index contributed by atoms with van der Waals surface area (Å²) in [5.74, 6) is 0.934. The van der Waals surface area contributed by atoms with Crippen molar-refractivity contribution in [2.45, 2.75) is 52.5 Å². The number of hydrogen-bond acceptors (Lipinski definition) is 3. The van der Waals surface area contributed by atoms with E-state index in [1.54, 1.807) is 0 Å². The molecule has 4 heteroatoms. The quantitative estimate of drug-likeness (QED) is 0.836. The predicted molar refractivity (Wildman–Crippen MR) is 86.5 cm³/mol. The van der Waals surface area contributed by atoms with Crippen LogP contribution in [0, 0.1) is 6.92 Å². The highest BCUT2D eigenvalue weighted by molar-refractivity contribution is 5.92. The Labute approximate surface area is 128 Å². The Morgan fingerprint density at radius 1 is 1.33 bits per heavy atom. The van der Waals surface area contributed by atoms with Crippen molar-refractivity contribution in [2.24, 2.45) is 0 Å². The van der Waals surface area contributed by atoms with E-state index in [0.717, 1.165) is 31.1 Å². The second-order valence-corrected chi connectivity index (χ2v) is 5.96. The molecule has 0 bridgehead atoms. The van der Waals surface area contributed by atoms with Crippen LogP contribution in [0.4, 0.5) is 5.82 Å². The summed E-state index contributed by atoms with van der Waals surface area (Å²) in [6.45, 7) is 9.25. The molecule has 2 heterocycles. The summed E-state index contributed by atoms with van der Waals surface area (Å²) in [5, 5.41) is 0. The summed E-state index contributed by atoms with van der Waals surface area (Å²) in [7, 11) is 0. The molecule has 1 aromatic rings. The monoisotopic (exact) mass is 289 g/mol. The fraction of sp³-hybridized carbons (Fsp3) is 0.647. The molecule has 0 spiro atoms. The van der Waals surface area contributed by atoms with Crippen LogP contribution in [-0.2, 0) is 4.79 Å². The standard InChI is InChI=1S/C17H27N3O/c1-4-17(21)20(16-10-8-9-14(2)18-16)15(3)13-19-11-6-5-7-12-19/h8-10,15H,4-7,11-13H2,1-3H3. The Hall–Kier alpha value is -1.42. The minimum atomic E-state index is 0.151. The van der Waals surface area contributed by atoms with Crippen LogP contribution in [0.25, 0.3) is 0 Å². The van der Waals surface area contributed by atoms with Gasteiger partial charge in [0.2, 0.25) is 5.91 Å². The van der Waals surface area contributed by atoms with E-state index in [0.29, 0.717) is 6.42 Å². The number of carbonyl (C=O) groups is 1. The normalized spacial score (nSPS) is 17.5. The number of carbonyl (C=O) groups excluding carboxylic acids is 1. The van der Waals surface area contributed by atoms with Crippen LogP contribution in [0.3, 0.4) is 0 Å². The van der Waals surface area contributed by atoms with Crippen molar-refractivity contribution < 1.29 is 4.79 Å². The second-order valence-electron chi connectivity index (χ2n) is 5.96. The molecule has 4 nitrogen and oxygen atoms in total. The number of rotatable bonds is 5. The lowest BCUT2D eigenvalue weighted by Gasteiger charge is -2.34. The van der Waals surface area contributed by atoms with Gasteiger partial charge in [-0.1, -0.05) is 19.4 Å². The van der Waals surface area contributed by atoms with Crippen LogP contribution in [0.2, 0.25) is 0 Å². The highest BCUT2D eigenvalue weighted by atomic mass is 16.2. The van der Waals surface area contributed by atoms with Gasteiger partial charge < -0.3 is 4.90 Å². The van der Waals surface area contributed by atoms with Gasteiger partial charge in [0.05, 0.1) is 0 Å². The topological polar surface area (TPSA) is 36.4 Å². The van der Waals surface area contributed by atoms with Gasteiger partial charge in [-0.05, 0) is 51.9 Å². The van der Waals surface area contributed by atoms with Gasteiger partial charge in [-0.3, -0.25) is 9.69 Å². The number of amides is 1. The Bertz CT molecular complexity index is 469. The predicted octanol–water partition coefficient (Wildman–Crippen LogP) is 3.01. The molecule has 0 aliphatic carbocycles. The van der Waals surface area contributed by atoms with E-state index in [9.17, 15) is 4.79 Å². The lowest BCUT2D eigenvalue weighted by atomic mass is 10.1. The fourth-order valence-electron chi connectivity index (χ4n) is 3.03. The van der Waals surface area contributed by atoms with Crippen LogP contribution < -0.4 is 4.90 Å². The molecule has 1 unspecified atom stereocenters. The van der Waals surface area contributed by atoms with Gasteiger partial charge in [0.25, 0.3) is 0 Å². The van der Waals surface area contributed by atoms with Gasteiger partial charge in [-0.2, -0.15) is 0 Å². The molecule has 116 valence electrons. The zero-order chi connectivity index (χ0) is 15.2. The van der Waals surface area contributed by atoms with Crippen molar-refractivity contribution >= 4 is 11.7 Å². The van der Waals surface area contributed by atoms with E-state index < -0.39 is 0 Å². The number of aryl methyl sites for hydroxylation is 1. The van der Waals surface area contributed by atoms with E-state index in [1.165, 1.54) is 19.3 Å². The summed E-state index contributed by atoms with van der Waals surface area (Å²) in [6, 6.07) is 6.03. The first-order valence-corrected chi connectivity index (χ1v) is 8.10. The zero-order valence-corrected chi connectivity index (χ0v) is 13.5. The van der Waals surface area contributed by atoms with Crippen molar-refractivity contribution in [3.8, 4) is 0 Å². The molecule has 1 amide bonds. The van der Waals surface area contributed by atoms with Gasteiger partial charge in [0.1, 0.15) is 5.82 Å². The third-order valence-electron chi connectivity index (χ3n) is 4.10. The highest BCUT2D eigenvalue weighted by Gasteiger charge is 2.24.